The number of amides is 1. The van der Waals surface area contributed by atoms with Gasteiger partial charge in [0, 0.05) is 15.8 Å². The Morgan fingerprint density at radius 3 is 2.82 bits per heavy atom. The van der Waals surface area contributed by atoms with Gasteiger partial charge in [-0.1, -0.05) is 0 Å². The lowest BCUT2D eigenvalue weighted by Crippen LogP contribution is -2.12. The summed E-state index contributed by atoms with van der Waals surface area (Å²) in [4.78, 5) is 24.3. The zero-order chi connectivity index (χ0) is 12.4. The Kier molecular flexibility index (Phi) is 3.01. The van der Waals surface area contributed by atoms with E-state index in [0.717, 1.165) is 4.88 Å². The molecule has 0 saturated carbocycles. The number of hydrogen-bond donors (Lipinski definition) is 1. The highest BCUT2D eigenvalue weighted by Crippen LogP contribution is 2.15. The standard InChI is InChI=1S/C10H10N4O2S/c1-6(15)7-2-8(17-5-7)4-14-12-3-9(13-14)10(11)16/h2-3,5H,4H2,1H3,(H2,11,16). The van der Waals surface area contributed by atoms with E-state index in [4.69, 9.17) is 5.73 Å². The van der Waals surface area contributed by atoms with E-state index in [1.807, 2.05) is 0 Å². The zero-order valence-electron chi connectivity index (χ0n) is 9.08. The summed E-state index contributed by atoms with van der Waals surface area (Å²) in [6, 6.07) is 1.79. The van der Waals surface area contributed by atoms with Crippen molar-refractivity contribution in [2.75, 3.05) is 0 Å². The molecule has 0 bridgehead atoms. The molecule has 88 valence electrons. The zero-order valence-corrected chi connectivity index (χ0v) is 9.90. The highest BCUT2D eigenvalue weighted by molar-refractivity contribution is 7.10. The van der Waals surface area contributed by atoms with Crippen LogP contribution in [-0.4, -0.2) is 26.7 Å². The van der Waals surface area contributed by atoms with E-state index in [9.17, 15) is 9.59 Å². The van der Waals surface area contributed by atoms with Crippen LogP contribution >= 0.6 is 11.3 Å². The van der Waals surface area contributed by atoms with Crippen molar-refractivity contribution in [2.24, 2.45) is 5.73 Å². The first-order chi connectivity index (χ1) is 8.06. The number of hydrogen-bond acceptors (Lipinski definition) is 5. The molecule has 2 rings (SSSR count). The van der Waals surface area contributed by atoms with Crippen molar-refractivity contribution in [3.8, 4) is 0 Å². The Morgan fingerprint density at radius 2 is 2.29 bits per heavy atom. The van der Waals surface area contributed by atoms with Gasteiger partial charge in [-0.3, -0.25) is 9.59 Å². The van der Waals surface area contributed by atoms with Gasteiger partial charge in [0.25, 0.3) is 5.91 Å². The maximum Gasteiger partial charge on any atom is 0.270 e. The van der Waals surface area contributed by atoms with Crippen LogP contribution in [0, 0.1) is 0 Å². The Balaban J connectivity index is 2.13. The monoisotopic (exact) mass is 250 g/mol. The summed E-state index contributed by atoms with van der Waals surface area (Å²) in [5.74, 6) is -0.578. The van der Waals surface area contributed by atoms with Gasteiger partial charge in [-0.25, -0.2) is 0 Å². The summed E-state index contributed by atoms with van der Waals surface area (Å²) in [7, 11) is 0. The number of thiophene rings is 1. The van der Waals surface area contributed by atoms with Crippen LogP contribution in [0.4, 0.5) is 0 Å². The minimum Gasteiger partial charge on any atom is -0.364 e. The fourth-order valence-corrected chi connectivity index (χ4v) is 2.17. The van der Waals surface area contributed by atoms with Gasteiger partial charge >= 0.3 is 0 Å². The van der Waals surface area contributed by atoms with Gasteiger partial charge in [-0.15, -0.1) is 16.4 Å². The van der Waals surface area contributed by atoms with Crippen molar-refractivity contribution in [2.45, 2.75) is 13.5 Å². The van der Waals surface area contributed by atoms with Crippen LogP contribution in [0.2, 0.25) is 0 Å². The molecule has 2 N–H and O–H groups in total. The van der Waals surface area contributed by atoms with Crippen molar-refractivity contribution < 1.29 is 9.59 Å². The van der Waals surface area contributed by atoms with Crippen molar-refractivity contribution >= 4 is 23.0 Å². The van der Waals surface area contributed by atoms with Crippen LogP contribution in [0.25, 0.3) is 0 Å². The Labute approximate surface area is 101 Å². The van der Waals surface area contributed by atoms with E-state index >= 15 is 0 Å². The summed E-state index contributed by atoms with van der Waals surface area (Å²) < 4.78 is 0. The molecule has 0 unspecified atom stereocenters. The topological polar surface area (TPSA) is 90.9 Å². The molecular weight excluding hydrogens is 240 g/mol. The normalized spacial score (nSPS) is 10.4. The minimum atomic E-state index is -0.605. The summed E-state index contributed by atoms with van der Waals surface area (Å²) in [6.45, 7) is 1.94. The highest BCUT2D eigenvalue weighted by Gasteiger charge is 2.08. The Hall–Kier alpha value is -2.02. The molecule has 0 aromatic carbocycles. The van der Waals surface area contributed by atoms with E-state index in [1.165, 1.54) is 29.3 Å². The number of aromatic nitrogens is 3. The van der Waals surface area contributed by atoms with E-state index in [0.29, 0.717) is 12.1 Å². The quantitative estimate of drug-likeness (QED) is 0.808. The van der Waals surface area contributed by atoms with E-state index in [1.54, 1.807) is 11.4 Å². The van der Waals surface area contributed by atoms with E-state index < -0.39 is 5.91 Å². The van der Waals surface area contributed by atoms with Crippen LogP contribution in [0.3, 0.4) is 0 Å². The predicted molar refractivity (Wildman–Crippen MR) is 62.0 cm³/mol. The molecule has 7 heteroatoms. The minimum absolute atomic E-state index is 0.0266. The van der Waals surface area contributed by atoms with E-state index in [2.05, 4.69) is 10.2 Å². The van der Waals surface area contributed by atoms with Crippen molar-refractivity contribution in [1.82, 2.24) is 15.0 Å². The molecule has 6 nitrogen and oxygen atoms in total. The first-order valence-electron chi connectivity index (χ1n) is 4.84. The smallest absolute Gasteiger partial charge is 0.270 e. The summed E-state index contributed by atoms with van der Waals surface area (Å²) >= 11 is 1.45. The average Bonchev–Trinajstić information content (AvgIpc) is 2.87. The summed E-state index contributed by atoms with van der Waals surface area (Å²) in [6.07, 6.45) is 1.32. The molecule has 17 heavy (non-hydrogen) atoms. The number of primary amides is 1. The second kappa shape index (κ2) is 4.46. The number of nitrogens with two attached hydrogens (primary N) is 1. The lowest BCUT2D eigenvalue weighted by atomic mass is 10.2. The molecule has 0 aliphatic heterocycles. The predicted octanol–water partition coefficient (Wildman–Crippen LogP) is 0.689. The summed E-state index contributed by atoms with van der Waals surface area (Å²) in [5, 5.41) is 9.61. The number of nitrogens with zero attached hydrogens (tertiary/aromatic N) is 3. The fraction of sp³-hybridized carbons (Fsp3) is 0.200. The largest absolute Gasteiger partial charge is 0.364 e. The molecule has 0 fully saturated rings. The number of carbonyl (C=O) groups excluding carboxylic acids is 2. The third kappa shape index (κ3) is 2.56. The first kappa shape index (κ1) is 11.5. The lowest BCUT2D eigenvalue weighted by Gasteiger charge is -1.94. The molecule has 0 atom stereocenters. The average molecular weight is 250 g/mol. The molecule has 2 heterocycles. The van der Waals surface area contributed by atoms with Crippen LogP contribution in [-0.2, 0) is 6.54 Å². The number of Topliss-reactive ketones (excluding diaryl/α,β-unsaturated/α-hetero) is 1. The van der Waals surface area contributed by atoms with E-state index in [-0.39, 0.29) is 11.5 Å². The second-order valence-electron chi connectivity index (χ2n) is 3.48. The van der Waals surface area contributed by atoms with Gasteiger partial charge in [0.05, 0.1) is 12.7 Å². The van der Waals surface area contributed by atoms with Crippen LogP contribution in [0.5, 0.6) is 0 Å². The third-order valence-corrected chi connectivity index (χ3v) is 3.07. The van der Waals surface area contributed by atoms with Gasteiger partial charge in [-0.05, 0) is 13.0 Å². The molecule has 2 aromatic heterocycles. The molecule has 0 aliphatic rings. The van der Waals surface area contributed by atoms with Gasteiger partial charge in [0.15, 0.2) is 11.5 Å². The maximum atomic E-state index is 11.1. The van der Waals surface area contributed by atoms with Gasteiger partial charge in [0.1, 0.15) is 0 Å². The first-order valence-corrected chi connectivity index (χ1v) is 5.72. The maximum absolute atomic E-state index is 11.1. The Morgan fingerprint density at radius 1 is 1.53 bits per heavy atom. The van der Waals surface area contributed by atoms with Crippen molar-refractivity contribution in [1.29, 1.82) is 0 Å². The van der Waals surface area contributed by atoms with Crippen LogP contribution in [0.15, 0.2) is 17.6 Å². The lowest BCUT2D eigenvalue weighted by molar-refractivity contribution is 0.0992. The molecule has 0 radical (unpaired) electrons. The molecular formula is C10H10N4O2S. The summed E-state index contributed by atoms with van der Waals surface area (Å²) in [5.41, 5.74) is 5.87. The molecule has 0 aliphatic carbocycles. The van der Waals surface area contributed by atoms with Crippen LogP contribution in [0.1, 0.15) is 32.6 Å². The molecule has 0 saturated heterocycles. The molecule has 2 aromatic rings. The molecule has 1 amide bonds. The highest BCUT2D eigenvalue weighted by atomic mass is 32.1. The number of ketones is 1. The number of rotatable bonds is 4. The van der Waals surface area contributed by atoms with Crippen LogP contribution < -0.4 is 5.73 Å². The Bertz CT molecular complexity index is 522. The number of carbonyl (C=O) groups is 2. The van der Waals surface area contributed by atoms with Crippen molar-refractivity contribution in [3.63, 3.8) is 0 Å². The third-order valence-electron chi connectivity index (χ3n) is 2.15. The second-order valence-corrected chi connectivity index (χ2v) is 4.48. The van der Waals surface area contributed by atoms with Gasteiger partial charge in [0.2, 0.25) is 0 Å². The van der Waals surface area contributed by atoms with Gasteiger partial charge < -0.3 is 5.73 Å². The van der Waals surface area contributed by atoms with Crippen molar-refractivity contribution in [3.05, 3.63) is 33.8 Å². The SMILES string of the molecule is CC(=O)c1csc(Cn2ncc(C(N)=O)n2)c1. The fourth-order valence-electron chi connectivity index (χ4n) is 1.27. The molecule has 0 spiro atoms. The van der Waals surface area contributed by atoms with Gasteiger partial charge in [-0.2, -0.15) is 9.90 Å².